The van der Waals surface area contributed by atoms with E-state index in [-0.39, 0.29) is 12.4 Å². The summed E-state index contributed by atoms with van der Waals surface area (Å²) in [6.45, 7) is 0.946. The van der Waals surface area contributed by atoms with Crippen LogP contribution < -0.4 is 5.73 Å². The maximum Gasteiger partial charge on any atom is 0.117 e. The van der Waals surface area contributed by atoms with Gasteiger partial charge in [-0.1, -0.05) is 0 Å². The second-order valence-corrected chi connectivity index (χ2v) is 2.56. The smallest absolute Gasteiger partial charge is 0.117 e. The lowest BCUT2D eigenvalue weighted by atomic mass is 10.6. The number of hydrogen-bond donors (Lipinski definition) is 2. The van der Waals surface area contributed by atoms with Crippen molar-refractivity contribution >= 4 is 17.6 Å². The highest BCUT2D eigenvalue weighted by atomic mass is 32.2. The highest BCUT2D eigenvalue weighted by Gasteiger charge is 1.87. The molecule has 0 radical (unpaired) electrons. The van der Waals surface area contributed by atoms with Crippen molar-refractivity contribution in [3.05, 3.63) is 0 Å². The minimum Gasteiger partial charge on any atom is -0.386 e. The van der Waals surface area contributed by atoms with Crippen LogP contribution in [0.3, 0.4) is 0 Å². The second kappa shape index (κ2) is 5.91. The number of rotatable bonds is 5. The van der Waals surface area contributed by atoms with Crippen molar-refractivity contribution in [2.24, 2.45) is 5.73 Å². The Morgan fingerprint density at radius 1 is 1.78 bits per heavy atom. The van der Waals surface area contributed by atoms with E-state index in [4.69, 9.17) is 15.9 Å². The van der Waals surface area contributed by atoms with Crippen molar-refractivity contribution in [1.82, 2.24) is 0 Å². The van der Waals surface area contributed by atoms with Crippen molar-refractivity contribution in [3.63, 3.8) is 0 Å². The first kappa shape index (κ1) is 8.78. The van der Waals surface area contributed by atoms with Crippen LogP contribution in [0, 0.1) is 5.41 Å². The minimum atomic E-state index is 0.0936. The molecule has 3 nitrogen and oxygen atoms in total. The van der Waals surface area contributed by atoms with Gasteiger partial charge in [0.15, 0.2) is 0 Å². The van der Waals surface area contributed by atoms with Crippen LogP contribution in [-0.2, 0) is 4.74 Å². The maximum absolute atomic E-state index is 6.78. The number of hydrogen-bond acceptors (Lipinski definition) is 3. The Morgan fingerprint density at radius 3 is 2.89 bits per heavy atom. The van der Waals surface area contributed by atoms with E-state index in [9.17, 15) is 0 Å². The molecule has 0 aliphatic heterocycles. The SMILES string of the molecule is CSCCOCC(=N)N. The molecule has 0 aromatic carbocycles. The molecule has 4 heteroatoms. The molecule has 0 heterocycles. The third-order valence-corrected chi connectivity index (χ3v) is 1.26. The lowest BCUT2D eigenvalue weighted by Crippen LogP contribution is -2.17. The molecule has 0 saturated carbocycles. The van der Waals surface area contributed by atoms with Gasteiger partial charge in [-0.3, -0.25) is 5.41 Å². The molecule has 0 atom stereocenters. The van der Waals surface area contributed by atoms with Gasteiger partial charge in [-0.05, 0) is 6.26 Å². The molecular weight excluding hydrogens is 136 g/mol. The highest BCUT2D eigenvalue weighted by Crippen LogP contribution is 1.89. The van der Waals surface area contributed by atoms with Gasteiger partial charge in [0, 0.05) is 5.75 Å². The number of nitrogens with one attached hydrogen (secondary N) is 1. The molecule has 0 rings (SSSR count). The van der Waals surface area contributed by atoms with Crippen molar-refractivity contribution in [1.29, 1.82) is 5.41 Å². The van der Waals surface area contributed by atoms with Crippen LogP contribution in [0.15, 0.2) is 0 Å². The van der Waals surface area contributed by atoms with Crippen LogP contribution in [-0.4, -0.2) is 31.1 Å². The molecule has 0 saturated heterocycles. The molecular formula is C5H12N2OS. The van der Waals surface area contributed by atoms with Crippen molar-refractivity contribution in [2.75, 3.05) is 25.2 Å². The fourth-order valence-electron chi connectivity index (χ4n) is 0.324. The summed E-state index contributed by atoms with van der Waals surface area (Å²) in [4.78, 5) is 0. The standard InChI is InChI=1S/C5H12N2OS/c1-9-3-2-8-4-5(6)7/h2-4H2,1H3,(H3,6,7). The van der Waals surface area contributed by atoms with Crippen LogP contribution >= 0.6 is 11.8 Å². The van der Waals surface area contributed by atoms with E-state index in [1.165, 1.54) is 0 Å². The van der Waals surface area contributed by atoms with Crippen molar-refractivity contribution < 1.29 is 4.74 Å². The fraction of sp³-hybridized carbons (Fsp3) is 0.800. The number of ether oxygens (including phenoxy) is 1. The van der Waals surface area contributed by atoms with Gasteiger partial charge in [0.2, 0.25) is 0 Å². The lowest BCUT2D eigenvalue weighted by molar-refractivity contribution is 0.189. The average molecular weight is 148 g/mol. The van der Waals surface area contributed by atoms with E-state index >= 15 is 0 Å². The topological polar surface area (TPSA) is 59.1 Å². The van der Waals surface area contributed by atoms with Gasteiger partial charge in [0.1, 0.15) is 12.4 Å². The summed E-state index contributed by atoms with van der Waals surface area (Å²) in [5, 5.41) is 6.78. The fourth-order valence-corrected chi connectivity index (χ4v) is 0.609. The third kappa shape index (κ3) is 7.78. The van der Waals surface area contributed by atoms with Crippen LogP contribution in [0.4, 0.5) is 0 Å². The normalized spacial score (nSPS) is 9.44. The van der Waals surface area contributed by atoms with Crippen LogP contribution in [0.25, 0.3) is 0 Å². The van der Waals surface area contributed by atoms with Gasteiger partial charge >= 0.3 is 0 Å². The Balaban J connectivity index is 2.83. The molecule has 0 amide bonds. The molecule has 0 spiro atoms. The van der Waals surface area contributed by atoms with Crippen molar-refractivity contribution in [3.8, 4) is 0 Å². The molecule has 0 unspecified atom stereocenters. The van der Waals surface area contributed by atoms with Gasteiger partial charge in [0.25, 0.3) is 0 Å². The molecule has 0 aromatic heterocycles. The molecule has 3 N–H and O–H groups in total. The summed E-state index contributed by atoms with van der Waals surface area (Å²) in [6, 6.07) is 0. The molecule has 0 aromatic rings. The van der Waals surface area contributed by atoms with Crippen LogP contribution in [0.1, 0.15) is 0 Å². The third-order valence-electron chi connectivity index (χ3n) is 0.689. The lowest BCUT2D eigenvalue weighted by Gasteiger charge is -1.98. The van der Waals surface area contributed by atoms with Gasteiger partial charge in [-0.15, -0.1) is 0 Å². The predicted octanol–water partition coefficient (Wildman–Crippen LogP) is 0.302. The zero-order valence-corrected chi connectivity index (χ0v) is 6.33. The highest BCUT2D eigenvalue weighted by molar-refractivity contribution is 7.98. The first-order chi connectivity index (χ1) is 4.27. The van der Waals surface area contributed by atoms with E-state index in [1.54, 1.807) is 11.8 Å². The van der Waals surface area contributed by atoms with Gasteiger partial charge < -0.3 is 10.5 Å². The summed E-state index contributed by atoms with van der Waals surface area (Å²) in [5.74, 6) is 1.06. The zero-order chi connectivity index (χ0) is 7.11. The molecule has 0 fully saturated rings. The monoisotopic (exact) mass is 148 g/mol. The van der Waals surface area contributed by atoms with E-state index in [0.29, 0.717) is 6.61 Å². The Kier molecular flexibility index (Phi) is 5.76. The van der Waals surface area contributed by atoms with E-state index < -0.39 is 0 Å². The average Bonchev–Trinajstić information content (AvgIpc) is 1.80. The maximum atomic E-state index is 6.78. The summed E-state index contributed by atoms with van der Waals surface area (Å²) < 4.78 is 4.97. The molecule has 54 valence electrons. The largest absolute Gasteiger partial charge is 0.386 e. The molecule has 9 heavy (non-hydrogen) atoms. The van der Waals surface area contributed by atoms with Crippen LogP contribution in [0.2, 0.25) is 0 Å². The molecule has 0 bridgehead atoms. The van der Waals surface area contributed by atoms with Gasteiger partial charge in [0.05, 0.1) is 6.61 Å². The van der Waals surface area contributed by atoms with Crippen molar-refractivity contribution in [2.45, 2.75) is 0 Å². The first-order valence-electron chi connectivity index (χ1n) is 2.67. The number of nitrogens with two attached hydrogens (primary N) is 1. The summed E-state index contributed by atoms with van der Waals surface area (Å²) in [7, 11) is 0. The summed E-state index contributed by atoms with van der Waals surface area (Å²) in [6.07, 6.45) is 2.01. The Morgan fingerprint density at radius 2 is 2.44 bits per heavy atom. The molecule has 0 aliphatic carbocycles. The quantitative estimate of drug-likeness (QED) is 0.335. The van der Waals surface area contributed by atoms with E-state index in [1.807, 2.05) is 6.26 Å². The summed E-state index contributed by atoms with van der Waals surface area (Å²) >= 11 is 1.72. The van der Waals surface area contributed by atoms with Crippen LogP contribution in [0.5, 0.6) is 0 Å². The Labute approximate surface area is 59.5 Å². The Bertz CT molecular complexity index is 87.0. The Hall–Kier alpha value is -0.220. The predicted molar refractivity (Wildman–Crippen MR) is 41.1 cm³/mol. The van der Waals surface area contributed by atoms with Gasteiger partial charge in [-0.25, -0.2) is 0 Å². The van der Waals surface area contributed by atoms with E-state index in [2.05, 4.69) is 0 Å². The zero-order valence-electron chi connectivity index (χ0n) is 5.52. The van der Waals surface area contributed by atoms with E-state index in [0.717, 1.165) is 5.75 Å². The number of amidine groups is 1. The van der Waals surface area contributed by atoms with Gasteiger partial charge in [-0.2, -0.15) is 11.8 Å². The minimum absolute atomic E-state index is 0.0936. The first-order valence-corrected chi connectivity index (χ1v) is 4.06. The molecule has 0 aliphatic rings. The number of thioether (sulfide) groups is 1. The second-order valence-electron chi connectivity index (χ2n) is 1.57. The summed E-state index contributed by atoms with van der Waals surface area (Å²) in [5.41, 5.74) is 5.03.